The number of nitrogens with zero attached hydrogens (tertiary/aromatic N) is 3. The zero-order valence-electron chi connectivity index (χ0n) is 18.9. The lowest BCUT2D eigenvalue weighted by Gasteiger charge is -2.32. The Morgan fingerprint density at radius 3 is 2.65 bits per heavy atom. The molecule has 0 aliphatic carbocycles. The molecule has 3 aromatic rings. The van der Waals surface area contributed by atoms with Gasteiger partial charge in [-0.25, -0.2) is 4.98 Å². The van der Waals surface area contributed by atoms with Gasteiger partial charge in [-0.3, -0.25) is 4.90 Å². The monoisotopic (exact) mass is 419 g/mol. The van der Waals surface area contributed by atoms with Crippen molar-refractivity contribution >= 4 is 17.1 Å². The summed E-state index contributed by atoms with van der Waals surface area (Å²) in [5.74, 6) is 2.65. The molecule has 2 heterocycles. The number of piperidine rings is 1. The van der Waals surface area contributed by atoms with E-state index in [2.05, 4.69) is 46.7 Å². The molecule has 5 heteroatoms. The van der Waals surface area contributed by atoms with E-state index in [1.54, 1.807) is 7.11 Å². The number of fused-ring (bicyclic) bond motifs is 1. The van der Waals surface area contributed by atoms with Gasteiger partial charge in [0.15, 0.2) is 11.5 Å². The number of hydrogen-bond acceptors (Lipinski definition) is 4. The van der Waals surface area contributed by atoms with Crippen LogP contribution in [0.5, 0.6) is 11.5 Å². The first-order valence-electron chi connectivity index (χ1n) is 11.3. The van der Waals surface area contributed by atoms with Crippen molar-refractivity contribution in [1.29, 1.82) is 0 Å². The predicted octanol–water partition coefficient (Wildman–Crippen LogP) is 5.70. The van der Waals surface area contributed by atoms with Crippen molar-refractivity contribution in [2.75, 3.05) is 26.8 Å². The Morgan fingerprint density at radius 2 is 1.87 bits per heavy atom. The first kappa shape index (κ1) is 21.4. The molecule has 1 saturated heterocycles. The predicted molar refractivity (Wildman–Crippen MR) is 127 cm³/mol. The summed E-state index contributed by atoms with van der Waals surface area (Å²) in [4.78, 5) is 7.57. The highest BCUT2D eigenvalue weighted by Crippen LogP contribution is 2.30. The van der Waals surface area contributed by atoms with Gasteiger partial charge in [0.05, 0.1) is 30.7 Å². The van der Waals surface area contributed by atoms with Gasteiger partial charge in [0, 0.05) is 0 Å². The molecule has 0 radical (unpaired) electrons. The summed E-state index contributed by atoms with van der Waals surface area (Å²) in [6.07, 6.45) is 7.96. The summed E-state index contributed by atoms with van der Waals surface area (Å²) in [5, 5.41) is 0. The van der Waals surface area contributed by atoms with E-state index in [1.165, 1.54) is 24.8 Å². The number of allylic oxidation sites excluding steroid dienone is 1. The molecule has 0 saturated carbocycles. The number of benzene rings is 2. The number of rotatable bonds is 8. The molecular formula is C26H33N3O2. The summed E-state index contributed by atoms with van der Waals surface area (Å²) < 4.78 is 14.0. The molecule has 1 aliphatic heterocycles. The minimum atomic E-state index is 0.294. The van der Waals surface area contributed by atoms with Crippen LogP contribution in [0.1, 0.15) is 50.5 Å². The molecule has 164 valence electrons. The molecule has 0 amide bonds. The van der Waals surface area contributed by atoms with E-state index in [0.29, 0.717) is 12.6 Å². The van der Waals surface area contributed by atoms with Crippen LogP contribution in [-0.2, 0) is 6.54 Å². The zero-order chi connectivity index (χ0) is 21.6. The fourth-order valence-corrected chi connectivity index (χ4v) is 4.46. The Hall–Kier alpha value is -2.79. The maximum Gasteiger partial charge on any atom is 0.161 e. The van der Waals surface area contributed by atoms with E-state index in [9.17, 15) is 0 Å². The van der Waals surface area contributed by atoms with Crippen molar-refractivity contribution < 1.29 is 9.47 Å². The Bertz CT molecular complexity index is 1030. The number of imidazole rings is 1. The molecule has 0 spiro atoms. The molecule has 1 aliphatic rings. The third-order valence-corrected chi connectivity index (χ3v) is 6.12. The Morgan fingerprint density at radius 1 is 1.06 bits per heavy atom. The highest BCUT2D eigenvalue weighted by molar-refractivity contribution is 5.76. The number of aromatic nitrogens is 2. The largest absolute Gasteiger partial charge is 0.493 e. The standard InChI is InChI=1S/C26H33N3O2/c1-4-10-21-13-14-24(25(19-21)30-3)31-18-17-29-23-12-7-6-11-22(23)27-26(29)20(2)28-15-8-5-9-16-28/h4,6-7,10-14,19-20H,5,8-9,15-18H2,1-3H3/b10-4+. The molecule has 1 unspecified atom stereocenters. The summed E-state index contributed by atoms with van der Waals surface area (Å²) in [7, 11) is 1.68. The minimum Gasteiger partial charge on any atom is -0.493 e. The lowest BCUT2D eigenvalue weighted by atomic mass is 10.1. The molecule has 0 bridgehead atoms. The number of methoxy groups -OCH3 is 1. The Labute approximate surface area is 185 Å². The highest BCUT2D eigenvalue weighted by atomic mass is 16.5. The first-order chi connectivity index (χ1) is 15.2. The molecule has 0 N–H and O–H groups in total. The molecule has 31 heavy (non-hydrogen) atoms. The van der Waals surface area contributed by atoms with Gasteiger partial charge in [-0.1, -0.05) is 36.8 Å². The van der Waals surface area contributed by atoms with Crippen LogP contribution in [0.3, 0.4) is 0 Å². The smallest absolute Gasteiger partial charge is 0.161 e. The highest BCUT2D eigenvalue weighted by Gasteiger charge is 2.23. The normalized spacial score (nSPS) is 16.1. The number of ether oxygens (including phenoxy) is 2. The lowest BCUT2D eigenvalue weighted by Crippen LogP contribution is -2.34. The fourth-order valence-electron chi connectivity index (χ4n) is 4.46. The summed E-state index contributed by atoms with van der Waals surface area (Å²) in [6.45, 7) is 7.89. The van der Waals surface area contributed by atoms with Gasteiger partial charge in [-0.2, -0.15) is 0 Å². The van der Waals surface area contributed by atoms with Gasteiger partial charge in [0.25, 0.3) is 0 Å². The van der Waals surface area contributed by atoms with E-state index in [1.807, 2.05) is 31.2 Å². The topological polar surface area (TPSA) is 39.5 Å². The Balaban J connectivity index is 1.54. The van der Waals surface area contributed by atoms with Crippen LogP contribution in [-0.4, -0.2) is 41.3 Å². The van der Waals surface area contributed by atoms with Crippen LogP contribution in [0.2, 0.25) is 0 Å². The molecule has 1 atom stereocenters. The van der Waals surface area contributed by atoms with E-state index in [0.717, 1.165) is 48.0 Å². The van der Waals surface area contributed by atoms with Crippen LogP contribution in [0.4, 0.5) is 0 Å². The van der Waals surface area contributed by atoms with Crippen LogP contribution >= 0.6 is 0 Å². The van der Waals surface area contributed by atoms with Crippen molar-refractivity contribution in [2.24, 2.45) is 0 Å². The number of hydrogen-bond donors (Lipinski definition) is 0. The van der Waals surface area contributed by atoms with Crippen LogP contribution in [0, 0.1) is 0 Å². The van der Waals surface area contributed by atoms with Gasteiger partial charge in [0.1, 0.15) is 12.4 Å². The maximum atomic E-state index is 6.15. The van der Waals surface area contributed by atoms with Gasteiger partial charge >= 0.3 is 0 Å². The third-order valence-electron chi connectivity index (χ3n) is 6.12. The lowest BCUT2D eigenvalue weighted by molar-refractivity contribution is 0.164. The summed E-state index contributed by atoms with van der Waals surface area (Å²) >= 11 is 0. The van der Waals surface area contributed by atoms with E-state index in [4.69, 9.17) is 14.5 Å². The van der Waals surface area contributed by atoms with Gasteiger partial charge in [0.2, 0.25) is 0 Å². The van der Waals surface area contributed by atoms with Crippen molar-refractivity contribution in [2.45, 2.75) is 45.7 Å². The second-order valence-electron chi connectivity index (χ2n) is 8.14. The van der Waals surface area contributed by atoms with Gasteiger partial charge in [-0.05, 0) is 69.6 Å². The fraction of sp³-hybridized carbons (Fsp3) is 0.423. The molecule has 5 nitrogen and oxygen atoms in total. The zero-order valence-corrected chi connectivity index (χ0v) is 18.9. The second-order valence-corrected chi connectivity index (χ2v) is 8.14. The van der Waals surface area contributed by atoms with Gasteiger partial charge in [-0.15, -0.1) is 0 Å². The first-order valence-corrected chi connectivity index (χ1v) is 11.3. The van der Waals surface area contributed by atoms with Crippen LogP contribution < -0.4 is 9.47 Å². The van der Waals surface area contributed by atoms with Crippen LogP contribution in [0.15, 0.2) is 48.5 Å². The van der Waals surface area contributed by atoms with E-state index >= 15 is 0 Å². The van der Waals surface area contributed by atoms with E-state index in [-0.39, 0.29) is 0 Å². The van der Waals surface area contributed by atoms with Crippen molar-refractivity contribution in [3.63, 3.8) is 0 Å². The average Bonchev–Trinajstić information content (AvgIpc) is 3.18. The van der Waals surface area contributed by atoms with Gasteiger partial charge < -0.3 is 14.0 Å². The number of para-hydroxylation sites is 2. The molecule has 1 aromatic heterocycles. The third kappa shape index (κ3) is 4.77. The molecular weight excluding hydrogens is 386 g/mol. The Kier molecular flexibility index (Phi) is 6.92. The maximum absolute atomic E-state index is 6.15. The molecule has 1 fully saturated rings. The number of likely N-dealkylation sites (tertiary alicyclic amines) is 1. The SMILES string of the molecule is C/C=C/c1ccc(OCCn2c(C(C)N3CCCCC3)nc3ccccc32)c(OC)c1. The van der Waals surface area contributed by atoms with E-state index < -0.39 is 0 Å². The second kappa shape index (κ2) is 10.0. The quantitative estimate of drug-likeness (QED) is 0.469. The van der Waals surface area contributed by atoms with Crippen LogP contribution in [0.25, 0.3) is 17.1 Å². The van der Waals surface area contributed by atoms with Crippen molar-refractivity contribution in [1.82, 2.24) is 14.5 Å². The summed E-state index contributed by atoms with van der Waals surface area (Å²) in [6, 6.07) is 14.7. The molecule has 2 aromatic carbocycles. The molecule has 4 rings (SSSR count). The minimum absolute atomic E-state index is 0.294. The van der Waals surface area contributed by atoms with Crippen molar-refractivity contribution in [3.8, 4) is 11.5 Å². The van der Waals surface area contributed by atoms with Crippen molar-refractivity contribution in [3.05, 3.63) is 59.9 Å². The average molecular weight is 420 g/mol. The summed E-state index contributed by atoms with van der Waals surface area (Å²) in [5.41, 5.74) is 3.32.